The monoisotopic (exact) mass is 353 g/mol. The van der Waals surface area contributed by atoms with Crippen molar-refractivity contribution >= 4 is 27.6 Å². The number of rotatable bonds is 4. The molecule has 0 aromatic heterocycles. The maximum Gasteiger partial charge on any atom is 0.343 e. The van der Waals surface area contributed by atoms with Gasteiger partial charge in [-0.05, 0) is 48.9 Å². The molecule has 2 aromatic rings. The third-order valence-electron chi connectivity index (χ3n) is 3.19. The van der Waals surface area contributed by atoms with E-state index in [1.807, 2.05) is 0 Å². The summed E-state index contributed by atoms with van der Waals surface area (Å²) in [5.41, 5.74) is 0.932. The van der Waals surface area contributed by atoms with Crippen molar-refractivity contribution in [3.8, 4) is 5.75 Å². The van der Waals surface area contributed by atoms with E-state index in [4.69, 9.17) is 16.3 Å². The Labute approximate surface area is 140 Å². The average Bonchev–Trinajstić information content (AvgIpc) is 2.51. The van der Waals surface area contributed by atoms with E-state index in [0.29, 0.717) is 10.8 Å². The second kappa shape index (κ2) is 6.70. The van der Waals surface area contributed by atoms with Crippen LogP contribution in [0.2, 0.25) is 5.02 Å². The van der Waals surface area contributed by atoms with Gasteiger partial charge in [-0.3, -0.25) is 0 Å². The number of ether oxygens (including phenoxy) is 1. The zero-order valence-electron chi connectivity index (χ0n) is 12.9. The summed E-state index contributed by atoms with van der Waals surface area (Å²) in [4.78, 5) is 12.2. The molecule has 7 heteroatoms. The fourth-order valence-electron chi connectivity index (χ4n) is 1.84. The van der Waals surface area contributed by atoms with Crippen molar-refractivity contribution in [1.82, 2.24) is 4.31 Å². The molecule has 0 fully saturated rings. The zero-order chi connectivity index (χ0) is 17.2. The van der Waals surface area contributed by atoms with E-state index in [1.165, 1.54) is 38.4 Å². The third kappa shape index (κ3) is 3.90. The SMILES string of the molecule is Cc1cc(OC(=O)c2cccc(S(=O)(=O)N(C)C)c2)ccc1Cl. The van der Waals surface area contributed by atoms with Gasteiger partial charge in [0, 0.05) is 19.1 Å². The smallest absolute Gasteiger partial charge is 0.343 e. The maximum atomic E-state index is 12.2. The number of benzene rings is 2. The first-order chi connectivity index (χ1) is 10.7. The molecule has 2 aromatic carbocycles. The summed E-state index contributed by atoms with van der Waals surface area (Å²) in [6.07, 6.45) is 0. The minimum Gasteiger partial charge on any atom is -0.423 e. The van der Waals surface area contributed by atoms with Crippen molar-refractivity contribution in [3.63, 3.8) is 0 Å². The number of carbonyl (C=O) groups is 1. The van der Waals surface area contributed by atoms with Crippen LogP contribution in [0.4, 0.5) is 0 Å². The van der Waals surface area contributed by atoms with Crippen molar-refractivity contribution in [2.75, 3.05) is 14.1 Å². The minimum atomic E-state index is -3.61. The van der Waals surface area contributed by atoms with Crippen LogP contribution in [0.5, 0.6) is 5.75 Å². The summed E-state index contributed by atoms with van der Waals surface area (Å²) in [6.45, 7) is 1.80. The highest BCUT2D eigenvalue weighted by molar-refractivity contribution is 7.89. The van der Waals surface area contributed by atoms with Gasteiger partial charge in [-0.25, -0.2) is 17.5 Å². The number of aryl methyl sites for hydroxylation is 1. The molecule has 0 atom stereocenters. The number of halogens is 1. The predicted molar refractivity (Wildman–Crippen MR) is 88.5 cm³/mol. The molecule has 0 unspecified atom stereocenters. The van der Waals surface area contributed by atoms with Crippen molar-refractivity contribution < 1.29 is 17.9 Å². The van der Waals surface area contributed by atoms with E-state index in [0.717, 1.165) is 9.87 Å². The lowest BCUT2D eigenvalue weighted by Crippen LogP contribution is -2.22. The molecule has 5 nitrogen and oxygen atoms in total. The van der Waals surface area contributed by atoms with Crippen molar-refractivity contribution in [2.45, 2.75) is 11.8 Å². The summed E-state index contributed by atoms with van der Waals surface area (Å²) in [6, 6.07) is 10.6. The number of nitrogens with zero attached hydrogens (tertiary/aromatic N) is 1. The third-order valence-corrected chi connectivity index (χ3v) is 5.42. The number of carbonyl (C=O) groups excluding carboxylic acids is 1. The molecule has 0 aliphatic carbocycles. The molecule has 0 aliphatic rings. The molecule has 0 N–H and O–H groups in total. The van der Waals surface area contributed by atoms with E-state index in [-0.39, 0.29) is 10.5 Å². The Morgan fingerprint density at radius 3 is 2.43 bits per heavy atom. The molecule has 0 radical (unpaired) electrons. The summed E-state index contributed by atoms with van der Waals surface area (Å²) in [5.74, 6) is -0.291. The summed E-state index contributed by atoms with van der Waals surface area (Å²) in [7, 11) is -0.755. The highest BCUT2D eigenvalue weighted by Crippen LogP contribution is 2.22. The first-order valence-corrected chi connectivity index (χ1v) is 8.54. The van der Waals surface area contributed by atoms with Crippen molar-refractivity contribution in [2.24, 2.45) is 0 Å². The fourth-order valence-corrected chi connectivity index (χ4v) is 2.91. The molecule has 0 spiro atoms. The molecule has 2 rings (SSSR count). The summed E-state index contributed by atoms with van der Waals surface area (Å²) < 4.78 is 30.6. The van der Waals surface area contributed by atoms with Crippen LogP contribution < -0.4 is 4.74 Å². The second-order valence-corrected chi connectivity index (χ2v) is 7.67. The van der Waals surface area contributed by atoms with Crippen molar-refractivity contribution in [3.05, 3.63) is 58.6 Å². The molecule has 0 bridgehead atoms. The quantitative estimate of drug-likeness (QED) is 0.625. The van der Waals surface area contributed by atoms with Crippen LogP contribution in [-0.4, -0.2) is 32.8 Å². The van der Waals surface area contributed by atoms with Gasteiger partial charge < -0.3 is 4.74 Å². The van der Waals surface area contributed by atoms with Gasteiger partial charge in [0.15, 0.2) is 0 Å². The molecule has 23 heavy (non-hydrogen) atoms. The number of hydrogen-bond donors (Lipinski definition) is 0. The average molecular weight is 354 g/mol. The van der Waals surface area contributed by atoms with Gasteiger partial charge in [-0.2, -0.15) is 0 Å². The van der Waals surface area contributed by atoms with Crippen LogP contribution in [0.15, 0.2) is 47.4 Å². The van der Waals surface area contributed by atoms with Gasteiger partial charge in [0.1, 0.15) is 5.75 Å². The van der Waals surface area contributed by atoms with Gasteiger partial charge in [-0.15, -0.1) is 0 Å². The standard InChI is InChI=1S/C16H16ClNO4S/c1-11-9-13(7-8-15(11)17)22-16(19)12-5-4-6-14(10-12)23(20,21)18(2)3/h4-10H,1-3H3. The Morgan fingerprint density at radius 2 is 1.83 bits per heavy atom. The molecular formula is C16H16ClNO4S. The van der Waals surface area contributed by atoms with E-state index in [2.05, 4.69) is 0 Å². The van der Waals surface area contributed by atoms with Gasteiger partial charge in [0.25, 0.3) is 0 Å². The molecule has 0 saturated carbocycles. The van der Waals surface area contributed by atoms with E-state index < -0.39 is 16.0 Å². The Hall–Kier alpha value is -1.89. The highest BCUT2D eigenvalue weighted by Gasteiger charge is 2.19. The van der Waals surface area contributed by atoms with Crippen LogP contribution >= 0.6 is 11.6 Å². The van der Waals surface area contributed by atoms with Gasteiger partial charge in [0.2, 0.25) is 10.0 Å². The van der Waals surface area contributed by atoms with Crippen LogP contribution in [0.3, 0.4) is 0 Å². The van der Waals surface area contributed by atoms with E-state index >= 15 is 0 Å². The number of sulfonamides is 1. The number of hydrogen-bond acceptors (Lipinski definition) is 4. The lowest BCUT2D eigenvalue weighted by atomic mass is 10.2. The maximum absolute atomic E-state index is 12.2. The summed E-state index contributed by atoms with van der Waals surface area (Å²) in [5, 5.41) is 0.573. The first kappa shape index (κ1) is 17.5. The number of esters is 1. The Morgan fingerprint density at radius 1 is 1.13 bits per heavy atom. The largest absolute Gasteiger partial charge is 0.423 e. The van der Waals surface area contributed by atoms with Crippen LogP contribution in [0, 0.1) is 6.92 Å². The lowest BCUT2D eigenvalue weighted by Gasteiger charge is -2.12. The molecule has 122 valence electrons. The van der Waals surface area contributed by atoms with E-state index in [1.54, 1.807) is 25.1 Å². The predicted octanol–water partition coefficient (Wildman–Crippen LogP) is 3.12. The minimum absolute atomic E-state index is 0.0317. The van der Waals surface area contributed by atoms with Crippen LogP contribution in [-0.2, 0) is 10.0 Å². The topological polar surface area (TPSA) is 63.7 Å². The van der Waals surface area contributed by atoms with E-state index in [9.17, 15) is 13.2 Å². The molecular weight excluding hydrogens is 338 g/mol. The molecule has 0 saturated heterocycles. The Bertz CT molecular complexity index is 847. The molecule has 0 aliphatic heterocycles. The van der Waals surface area contributed by atoms with Crippen molar-refractivity contribution in [1.29, 1.82) is 0 Å². The highest BCUT2D eigenvalue weighted by atomic mass is 35.5. The van der Waals surface area contributed by atoms with Crippen LogP contribution in [0.1, 0.15) is 15.9 Å². The fraction of sp³-hybridized carbons (Fsp3) is 0.188. The van der Waals surface area contributed by atoms with Gasteiger partial charge >= 0.3 is 5.97 Å². The van der Waals surface area contributed by atoms with Gasteiger partial charge in [-0.1, -0.05) is 17.7 Å². The Kier molecular flexibility index (Phi) is 5.09. The normalized spacial score (nSPS) is 11.5. The molecule has 0 heterocycles. The first-order valence-electron chi connectivity index (χ1n) is 6.73. The second-order valence-electron chi connectivity index (χ2n) is 5.12. The molecule has 0 amide bonds. The van der Waals surface area contributed by atoms with Crippen LogP contribution in [0.25, 0.3) is 0 Å². The van der Waals surface area contributed by atoms with Gasteiger partial charge in [0.05, 0.1) is 10.5 Å². The Balaban J connectivity index is 2.28. The summed E-state index contributed by atoms with van der Waals surface area (Å²) >= 11 is 5.92. The zero-order valence-corrected chi connectivity index (χ0v) is 14.5. The lowest BCUT2D eigenvalue weighted by molar-refractivity contribution is 0.0734.